The van der Waals surface area contributed by atoms with E-state index in [1.165, 1.54) is 54.0 Å². The standard InChI is InChI=1S/C40H41N5O11S/c1-40(2)39(52)45(4)27-17-20(57(5,53)54)16-23(35(27)56-40)25-19-44(3)38(51)24-18-26(42-32(24)25)37(50)41-14-7-6-8-15-55-28-11-9-10-21-30(28)34(48)31(33(21)47)22-12-13-29(46)43-36(22)49/h9-11,16-19,22,31,42H,6-8,12-15H2,1-5H3,(H,41,50)(H,43,46,49). The Morgan fingerprint density at radius 1 is 0.982 bits per heavy atom. The molecule has 4 amide bonds. The Morgan fingerprint density at radius 2 is 1.74 bits per heavy atom. The average Bonchev–Trinajstić information content (AvgIpc) is 3.71. The van der Waals surface area contributed by atoms with Gasteiger partial charge in [0.15, 0.2) is 32.8 Å². The van der Waals surface area contributed by atoms with Crippen LogP contribution in [0, 0.1) is 11.8 Å². The van der Waals surface area contributed by atoms with E-state index in [1.54, 1.807) is 26.0 Å². The number of piperidine rings is 1. The zero-order valence-corrected chi connectivity index (χ0v) is 32.8. The fourth-order valence-electron chi connectivity index (χ4n) is 7.67. The molecule has 2 aromatic carbocycles. The van der Waals surface area contributed by atoms with Crippen LogP contribution in [0.15, 0.2) is 52.3 Å². The minimum Gasteiger partial charge on any atom is -0.493 e. The molecule has 2 aromatic heterocycles. The van der Waals surface area contributed by atoms with Crippen LogP contribution in [0.4, 0.5) is 5.69 Å². The molecule has 17 heteroatoms. The van der Waals surface area contributed by atoms with Crippen LogP contribution in [0.2, 0.25) is 0 Å². The van der Waals surface area contributed by atoms with Crippen LogP contribution >= 0.6 is 0 Å². The minimum atomic E-state index is -3.76. The van der Waals surface area contributed by atoms with Crippen molar-refractivity contribution in [2.75, 3.05) is 31.4 Å². The quantitative estimate of drug-likeness (QED) is 0.114. The number of ether oxygens (including phenoxy) is 2. The van der Waals surface area contributed by atoms with E-state index in [0.717, 1.165) is 6.26 Å². The number of nitrogens with zero attached hydrogens (tertiary/aromatic N) is 2. The third kappa shape index (κ3) is 7.00. The summed E-state index contributed by atoms with van der Waals surface area (Å²) in [6, 6.07) is 8.98. The number of carbonyl (C=O) groups excluding carboxylic acids is 6. The van der Waals surface area contributed by atoms with E-state index in [1.807, 2.05) is 0 Å². The lowest BCUT2D eigenvalue weighted by atomic mass is 9.82. The van der Waals surface area contributed by atoms with Crippen molar-refractivity contribution in [1.82, 2.24) is 20.2 Å². The predicted octanol–water partition coefficient (Wildman–Crippen LogP) is 3.10. The molecular formula is C40H41N5O11S. The third-order valence-electron chi connectivity index (χ3n) is 10.7. The molecule has 1 saturated heterocycles. The molecule has 4 aromatic rings. The van der Waals surface area contributed by atoms with Crippen molar-refractivity contribution in [3.63, 3.8) is 0 Å². The molecule has 0 bridgehead atoms. The molecule has 4 heterocycles. The van der Waals surface area contributed by atoms with Gasteiger partial charge in [-0.1, -0.05) is 12.1 Å². The number of Topliss-reactive ketones (excluding diaryl/α,β-unsaturated/α-hetero) is 2. The van der Waals surface area contributed by atoms with Gasteiger partial charge in [0.1, 0.15) is 11.4 Å². The third-order valence-corrected chi connectivity index (χ3v) is 11.7. The number of fused-ring (bicyclic) bond motifs is 3. The molecule has 57 heavy (non-hydrogen) atoms. The Labute approximate surface area is 326 Å². The van der Waals surface area contributed by atoms with Crippen molar-refractivity contribution in [3.8, 4) is 22.6 Å². The van der Waals surface area contributed by atoms with E-state index in [9.17, 15) is 42.0 Å². The Kier molecular flexibility index (Phi) is 9.92. The summed E-state index contributed by atoms with van der Waals surface area (Å²) in [5.41, 5.74) is -0.0215. The molecule has 3 N–H and O–H groups in total. The first-order valence-corrected chi connectivity index (χ1v) is 20.3. The fraction of sp³-hybridized carbons (Fsp3) is 0.375. The largest absolute Gasteiger partial charge is 0.493 e. The van der Waals surface area contributed by atoms with Gasteiger partial charge >= 0.3 is 0 Å². The molecule has 0 spiro atoms. The highest BCUT2D eigenvalue weighted by Crippen LogP contribution is 2.47. The molecule has 1 aliphatic carbocycles. The van der Waals surface area contributed by atoms with Gasteiger partial charge in [-0.3, -0.25) is 38.9 Å². The van der Waals surface area contributed by atoms with E-state index in [4.69, 9.17) is 9.47 Å². The number of sulfone groups is 1. The molecule has 1 fully saturated rings. The van der Waals surface area contributed by atoms with E-state index < -0.39 is 62.1 Å². The van der Waals surface area contributed by atoms with Crippen LogP contribution in [0.1, 0.15) is 77.2 Å². The number of hydrogen-bond donors (Lipinski definition) is 3. The number of likely N-dealkylation sites (N-methyl/N-ethyl adjacent to an activating group) is 1. The SMILES string of the molecule is CN1C(=O)C(C)(C)Oc2c(-c3cn(C)c(=O)c4cc(C(=O)NCCCCCOc5cccc6c5C(=O)C(C5CCC(=O)NC5=O)C6=O)[nH]c34)cc(S(C)(=O)=O)cc21. The Morgan fingerprint density at radius 3 is 2.46 bits per heavy atom. The first-order valence-electron chi connectivity index (χ1n) is 18.4. The number of ketones is 2. The fourth-order valence-corrected chi connectivity index (χ4v) is 8.33. The molecule has 3 aliphatic rings. The summed E-state index contributed by atoms with van der Waals surface area (Å²) in [5.74, 6) is -4.48. The topological polar surface area (TPSA) is 220 Å². The van der Waals surface area contributed by atoms with Gasteiger partial charge in [-0.25, -0.2) is 8.42 Å². The lowest BCUT2D eigenvalue weighted by Crippen LogP contribution is -2.51. The molecular weight excluding hydrogens is 759 g/mol. The van der Waals surface area contributed by atoms with Crippen LogP contribution in [0.25, 0.3) is 22.0 Å². The van der Waals surface area contributed by atoms with Crippen molar-refractivity contribution >= 4 is 61.6 Å². The van der Waals surface area contributed by atoms with Gasteiger partial charge in [-0.15, -0.1) is 0 Å². The molecule has 2 atom stereocenters. The number of pyridine rings is 1. The smallest absolute Gasteiger partial charge is 0.270 e. The normalized spacial score (nSPS) is 19.0. The van der Waals surface area contributed by atoms with Crippen molar-refractivity contribution in [2.24, 2.45) is 18.9 Å². The van der Waals surface area contributed by atoms with Crippen LogP contribution in [-0.2, 0) is 31.3 Å². The minimum absolute atomic E-state index is 0.0548. The van der Waals surface area contributed by atoms with E-state index in [-0.39, 0.29) is 81.7 Å². The van der Waals surface area contributed by atoms with Crippen molar-refractivity contribution in [2.45, 2.75) is 56.4 Å². The second-order valence-electron chi connectivity index (χ2n) is 15.1. The van der Waals surface area contributed by atoms with E-state index >= 15 is 0 Å². The lowest BCUT2D eigenvalue weighted by molar-refractivity contribution is -0.137. The zero-order chi connectivity index (χ0) is 41.1. The number of H-pyrrole nitrogens is 1. The number of carbonyl (C=O) groups is 6. The number of anilines is 1. The number of nitrogens with one attached hydrogen (secondary N) is 3. The van der Waals surface area contributed by atoms with Crippen molar-refractivity contribution < 1.29 is 46.7 Å². The molecule has 2 unspecified atom stereocenters. The molecule has 2 aliphatic heterocycles. The summed E-state index contributed by atoms with van der Waals surface area (Å²) in [6.07, 6.45) is 4.50. The number of aryl methyl sites for hydroxylation is 1. The maximum absolute atomic E-state index is 13.4. The average molecular weight is 800 g/mol. The first-order chi connectivity index (χ1) is 26.9. The number of rotatable bonds is 11. The van der Waals surface area contributed by atoms with Gasteiger partial charge in [0.2, 0.25) is 11.8 Å². The van der Waals surface area contributed by atoms with Crippen LogP contribution in [-0.4, -0.2) is 85.2 Å². The zero-order valence-electron chi connectivity index (χ0n) is 31.9. The second kappa shape index (κ2) is 14.4. The van der Waals surface area contributed by atoms with Crippen LogP contribution in [0.3, 0.4) is 0 Å². The number of amides is 4. The first kappa shape index (κ1) is 39.1. The maximum Gasteiger partial charge on any atom is 0.270 e. The number of benzene rings is 2. The molecule has 0 saturated carbocycles. The summed E-state index contributed by atoms with van der Waals surface area (Å²) in [5, 5.41) is 5.25. The Balaban J connectivity index is 1.02. The molecule has 7 rings (SSSR count). The summed E-state index contributed by atoms with van der Waals surface area (Å²) in [4.78, 5) is 94.6. The highest BCUT2D eigenvalue weighted by Gasteiger charge is 2.49. The van der Waals surface area contributed by atoms with Crippen LogP contribution < -0.4 is 30.6 Å². The summed E-state index contributed by atoms with van der Waals surface area (Å²) >= 11 is 0. The second-order valence-corrected chi connectivity index (χ2v) is 17.1. The van der Waals surface area contributed by atoms with Gasteiger partial charge in [0.05, 0.1) is 45.5 Å². The van der Waals surface area contributed by atoms with Gasteiger partial charge in [-0.05, 0) is 63.8 Å². The van der Waals surface area contributed by atoms with E-state index in [2.05, 4.69) is 15.6 Å². The van der Waals surface area contributed by atoms with Gasteiger partial charge in [0.25, 0.3) is 17.4 Å². The van der Waals surface area contributed by atoms with Crippen molar-refractivity contribution in [1.29, 1.82) is 0 Å². The predicted molar refractivity (Wildman–Crippen MR) is 206 cm³/mol. The Hall–Kier alpha value is -6.10. The summed E-state index contributed by atoms with van der Waals surface area (Å²) in [6.45, 7) is 3.71. The summed E-state index contributed by atoms with van der Waals surface area (Å²) in [7, 11) is -0.687. The van der Waals surface area contributed by atoms with Gasteiger partial charge in [0, 0.05) is 56.2 Å². The maximum atomic E-state index is 13.4. The van der Waals surface area contributed by atoms with Gasteiger partial charge < -0.3 is 29.2 Å². The lowest BCUT2D eigenvalue weighted by Gasteiger charge is -2.38. The van der Waals surface area contributed by atoms with Crippen LogP contribution in [0.5, 0.6) is 11.5 Å². The van der Waals surface area contributed by atoms with Gasteiger partial charge in [-0.2, -0.15) is 0 Å². The number of aromatic nitrogens is 2. The monoisotopic (exact) mass is 799 g/mol. The highest BCUT2D eigenvalue weighted by molar-refractivity contribution is 7.90. The molecule has 298 valence electrons. The van der Waals surface area contributed by atoms with Crippen molar-refractivity contribution in [3.05, 3.63) is 69.8 Å². The molecule has 0 radical (unpaired) electrons. The number of hydrogen-bond acceptors (Lipinski definition) is 11. The van der Waals surface area contributed by atoms with E-state index in [0.29, 0.717) is 30.4 Å². The Bertz CT molecular complexity index is 2610. The number of imide groups is 1. The number of unbranched alkanes of at least 4 members (excludes halogenated alkanes) is 2. The number of aromatic amines is 1. The summed E-state index contributed by atoms with van der Waals surface area (Å²) < 4.78 is 39.0. The molecule has 16 nitrogen and oxygen atoms in total. The highest BCUT2D eigenvalue weighted by atomic mass is 32.2.